The van der Waals surface area contributed by atoms with Gasteiger partial charge in [0.05, 0.1) is 20.3 Å². The van der Waals surface area contributed by atoms with Crippen molar-refractivity contribution in [1.29, 1.82) is 0 Å². The fourth-order valence-electron chi connectivity index (χ4n) is 3.91. The predicted octanol–water partition coefficient (Wildman–Crippen LogP) is 3.43. The van der Waals surface area contributed by atoms with Crippen LogP contribution >= 0.6 is 0 Å². The Morgan fingerprint density at radius 1 is 1.04 bits per heavy atom. The van der Waals surface area contributed by atoms with Gasteiger partial charge in [-0.3, -0.25) is 4.90 Å². The normalized spacial score (nSPS) is 20.9. The van der Waals surface area contributed by atoms with E-state index in [1.54, 1.807) is 14.2 Å². The second kappa shape index (κ2) is 7.66. The molecule has 2 aromatic rings. The quantitative estimate of drug-likeness (QED) is 0.761. The Bertz CT molecular complexity index is 719. The van der Waals surface area contributed by atoms with E-state index in [2.05, 4.69) is 31.8 Å². The lowest BCUT2D eigenvalue weighted by Gasteiger charge is -2.35. The van der Waals surface area contributed by atoms with E-state index in [1.807, 2.05) is 12.4 Å². The molecule has 0 radical (unpaired) electrons. The molecule has 1 aliphatic heterocycles. The van der Waals surface area contributed by atoms with Crippen molar-refractivity contribution >= 4 is 0 Å². The van der Waals surface area contributed by atoms with E-state index < -0.39 is 0 Å². The minimum absolute atomic E-state index is 0.335. The Morgan fingerprint density at radius 2 is 1.81 bits per heavy atom. The first-order chi connectivity index (χ1) is 12.8. The van der Waals surface area contributed by atoms with Crippen LogP contribution in [0.3, 0.4) is 0 Å². The predicted molar refractivity (Wildman–Crippen MR) is 99.3 cm³/mol. The van der Waals surface area contributed by atoms with Crippen molar-refractivity contribution in [2.45, 2.75) is 51.2 Å². The lowest BCUT2D eigenvalue weighted by Crippen LogP contribution is -2.34. The number of ether oxygens (including phenoxy) is 2. The van der Waals surface area contributed by atoms with E-state index >= 15 is 0 Å². The summed E-state index contributed by atoms with van der Waals surface area (Å²) in [5.41, 5.74) is 1.21. The van der Waals surface area contributed by atoms with Crippen LogP contribution in [-0.4, -0.2) is 40.4 Å². The summed E-state index contributed by atoms with van der Waals surface area (Å²) in [4.78, 5) is 2.53. The lowest BCUT2D eigenvalue weighted by molar-refractivity contribution is 0.130. The van der Waals surface area contributed by atoms with Crippen molar-refractivity contribution in [2.75, 3.05) is 20.8 Å². The maximum absolute atomic E-state index is 5.43. The molecule has 1 saturated carbocycles. The van der Waals surface area contributed by atoms with Crippen molar-refractivity contribution in [3.05, 3.63) is 35.9 Å². The molecule has 26 heavy (non-hydrogen) atoms. The molecular formula is C20H28N4O2. The Balaban J connectivity index is 1.55. The van der Waals surface area contributed by atoms with E-state index in [1.165, 1.54) is 31.2 Å². The molecule has 2 fully saturated rings. The summed E-state index contributed by atoms with van der Waals surface area (Å²) in [5, 5.41) is 8.72. The van der Waals surface area contributed by atoms with Gasteiger partial charge >= 0.3 is 0 Å². The van der Waals surface area contributed by atoms with Crippen LogP contribution in [0.4, 0.5) is 0 Å². The molecule has 0 unspecified atom stereocenters. The second-order valence-electron chi connectivity index (χ2n) is 7.49. The summed E-state index contributed by atoms with van der Waals surface area (Å²) in [6, 6.07) is 6.46. The van der Waals surface area contributed by atoms with Crippen molar-refractivity contribution in [2.24, 2.45) is 5.92 Å². The van der Waals surface area contributed by atoms with Gasteiger partial charge in [-0.1, -0.05) is 6.42 Å². The zero-order valence-electron chi connectivity index (χ0n) is 15.7. The molecule has 0 spiro atoms. The zero-order chi connectivity index (χ0) is 17.9. The van der Waals surface area contributed by atoms with Crippen molar-refractivity contribution in [3.63, 3.8) is 0 Å². The summed E-state index contributed by atoms with van der Waals surface area (Å²) in [6.07, 6.45) is 8.22. The van der Waals surface area contributed by atoms with Gasteiger partial charge in [0.25, 0.3) is 0 Å². The number of likely N-dealkylation sites (tertiary alicyclic amines) is 1. The van der Waals surface area contributed by atoms with Gasteiger partial charge < -0.3 is 14.0 Å². The summed E-state index contributed by atoms with van der Waals surface area (Å²) >= 11 is 0. The number of rotatable bonds is 7. The third-order valence-electron chi connectivity index (χ3n) is 5.51. The monoisotopic (exact) mass is 356 g/mol. The van der Waals surface area contributed by atoms with Crippen molar-refractivity contribution in [1.82, 2.24) is 19.7 Å². The number of nitrogens with zero attached hydrogens (tertiary/aromatic N) is 4. The molecule has 2 aliphatic rings. The second-order valence-corrected chi connectivity index (χ2v) is 7.49. The number of benzene rings is 1. The molecule has 0 amide bonds. The highest BCUT2D eigenvalue weighted by molar-refractivity contribution is 5.38. The van der Waals surface area contributed by atoms with Crippen LogP contribution in [0.2, 0.25) is 0 Å². The first-order valence-corrected chi connectivity index (χ1v) is 9.60. The Hall–Kier alpha value is -2.08. The van der Waals surface area contributed by atoms with E-state index in [4.69, 9.17) is 9.47 Å². The highest BCUT2D eigenvalue weighted by atomic mass is 16.5. The minimum atomic E-state index is 0.335. The molecule has 6 nitrogen and oxygen atoms in total. The summed E-state index contributed by atoms with van der Waals surface area (Å²) in [6.45, 7) is 3.02. The highest BCUT2D eigenvalue weighted by Gasteiger charge is 2.30. The molecule has 0 N–H and O–H groups in total. The molecule has 140 valence electrons. The van der Waals surface area contributed by atoms with Crippen molar-refractivity contribution < 1.29 is 9.47 Å². The molecular weight excluding hydrogens is 328 g/mol. The molecule has 1 aliphatic carbocycles. The zero-order valence-corrected chi connectivity index (χ0v) is 15.7. The average molecular weight is 356 g/mol. The summed E-state index contributed by atoms with van der Waals surface area (Å²) < 4.78 is 13.1. The fraction of sp³-hybridized carbons (Fsp3) is 0.600. The van der Waals surface area contributed by atoms with Gasteiger partial charge in [0, 0.05) is 19.2 Å². The maximum atomic E-state index is 5.43. The molecule has 1 atom stereocenters. The van der Waals surface area contributed by atoms with Gasteiger partial charge in [-0.15, -0.1) is 10.2 Å². The molecule has 1 aromatic heterocycles. The smallest absolute Gasteiger partial charge is 0.150 e. The third kappa shape index (κ3) is 3.85. The third-order valence-corrected chi connectivity index (χ3v) is 5.51. The SMILES string of the molecule is COc1cc(CN2CCCC[C@H]2c2nncn2CC2CC2)cc(OC)c1. The maximum Gasteiger partial charge on any atom is 0.150 e. The Labute approximate surface area is 155 Å². The van der Waals surface area contributed by atoms with E-state index in [-0.39, 0.29) is 0 Å². The van der Waals surface area contributed by atoms with E-state index in [0.717, 1.165) is 49.3 Å². The van der Waals surface area contributed by atoms with Crippen LogP contribution in [0.5, 0.6) is 11.5 Å². The molecule has 1 saturated heterocycles. The van der Waals surface area contributed by atoms with Crippen LogP contribution in [0.1, 0.15) is 49.5 Å². The van der Waals surface area contributed by atoms with E-state index in [9.17, 15) is 0 Å². The van der Waals surface area contributed by atoms with Gasteiger partial charge in [0.1, 0.15) is 23.7 Å². The van der Waals surface area contributed by atoms with Gasteiger partial charge in [-0.05, 0) is 55.8 Å². The summed E-state index contributed by atoms with van der Waals surface area (Å²) in [5.74, 6) is 3.63. The first kappa shape index (κ1) is 17.3. The lowest BCUT2D eigenvalue weighted by atomic mass is 10.00. The number of methoxy groups -OCH3 is 2. The fourth-order valence-corrected chi connectivity index (χ4v) is 3.91. The number of hydrogen-bond acceptors (Lipinski definition) is 5. The highest BCUT2D eigenvalue weighted by Crippen LogP contribution is 2.35. The number of aromatic nitrogens is 3. The Kier molecular flexibility index (Phi) is 5.11. The molecule has 4 rings (SSSR count). The Morgan fingerprint density at radius 3 is 2.50 bits per heavy atom. The molecule has 0 bridgehead atoms. The van der Waals surface area contributed by atoms with Gasteiger partial charge in [-0.25, -0.2) is 0 Å². The average Bonchev–Trinajstić information content (AvgIpc) is 3.37. The van der Waals surface area contributed by atoms with Gasteiger partial charge in [0.2, 0.25) is 0 Å². The van der Waals surface area contributed by atoms with Crippen LogP contribution in [-0.2, 0) is 13.1 Å². The van der Waals surface area contributed by atoms with Crippen LogP contribution in [0.25, 0.3) is 0 Å². The topological polar surface area (TPSA) is 52.4 Å². The van der Waals surface area contributed by atoms with Crippen LogP contribution in [0.15, 0.2) is 24.5 Å². The molecule has 6 heteroatoms. The van der Waals surface area contributed by atoms with Crippen molar-refractivity contribution in [3.8, 4) is 11.5 Å². The molecule has 1 aromatic carbocycles. The molecule has 2 heterocycles. The van der Waals surface area contributed by atoms with E-state index in [0.29, 0.717) is 6.04 Å². The first-order valence-electron chi connectivity index (χ1n) is 9.60. The largest absolute Gasteiger partial charge is 0.497 e. The number of piperidine rings is 1. The summed E-state index contributed by atoms with van der Waals surface area (Å²) in [7, 11) is 3.39. The van der Waals surface area contributed by atoms with Gasteiger partial charge in [-0.2, -0.15) is 0 Å². The van der Waals surface area contributed by atoms with Crippen LogP contribution in [0, 0.1) is 5.92 Å². The standard InChI is InChI=1S/C20H28N4O2/c1-25-17-9-16(10-18(11-17)26-2)13-23-8-4-3-5-19(23)20-22-21-14-24(20)12-15-6-7-15/h9-11,14-15,19H,3-8,12-13H2,1-2H3/t19-/m0/s1. The van der Waals surface area contributed by atoms with Crippen LogP contribution < -0.4 is 9.47 Å². The van der Waals surface area contributed by atoms with Gasteiger partial charge in [0.15, 0.2) is 0 Å². The number of hydrogen-bond donors (Lipinski definition) is 0. The minimum Gasteiger partial charge on any atom is -0.497 e.